The largest absolute Gasteiger partial charge is 0.493 e. The topological polar surface area (TPSA) is 113 Å². The van der Waals surface area contributed by atoms with E-state index >= 15 is 0 Å². The summed E-state index contributed by atoms with van der Waals surface area (Å²) in [5, 5.41) is 18.4. The fraction of sp³-hybridized carbons (Fsp3) is 0.500. The molecule has 0 spiro atoms. The maximum Gasteiger partial charge on any atom is 0.326 e. The van der Waals surface area contributed by atoms with Gasteiger partial charge in [-0.25, -0.2) is 4.79 Å². The Kier molecular flexibility index (Phi) is 11.4. The summed E-state index contributed by atoms with van der Waals surface area (Å²) in [7, 11) is 1.54. The van der Waals surface area contributed by atoms with Gasteiger partial charge in [0.1, 0.15) is 10.4 Å². The van der Waals surface area contributed by atoms with Crippen molar-refractivity contribution in [1.82, 2.24) is 4.90 Å². The van der Waals surface area contributed by atoms with E-state index in [0.717, 1.165) is 29.5 Å². The third-order valence-electron chi connectivity index (χ3n) is 5.29. The van der Waals surface area contributed by atoms with Gasteiger partial charge in [0.2, 0.25) is 0 Å². The Balaban J connectivity index is 2.07. The molecule has 1 aliphatic rings. The van der Waals surface area contributed by atoms with Gasteiger partial charge in [0.05, 0.1) is 18.6 Å². The van der Waals surface area contributed by atoms with Crippen molar-refractivity contribution in [2.75, 3.05) is 13.7 Å². The first-order chi connectivity index (χ1) is 16.3. The predicted octanol–water partition coefficient (Wildman–Crippen LogP) is 4.95. The van der Waals surface area contributed by atoms with Crippen LogP contribution in [0.2, 0.25) is 0 Å². The minimum atomic E-state index is -1.33. The van der Waals surface area contributed by atoms with Crippen molar-refractivity contribution in [1.29, 1.82) is 0 Å². The summed E-state index contributed by atoms with van der Waals surface area (Å²) in [4.78, 5) is 36.6. The van der Waals surface area contributed by atoms with Gasteiger partial charge in [-0.15, -0.1) is 0 Å². The third kappa shape index (κ3) is 8.02. The molecule has 10 heteroatoms. The number of thioether (sulfide) groups is 1. The number of aliphatic carboxylic acids is 2. The summed E-state index contributed by atoms with van der Waals surface area (Å²) in [5.41, 5.74) is 0.668. The lowest BCUT2D eigenvalue weighted by Gasteiger charge is -2.22. The van der Waals surface area contributed by atoms with Crippen molar-refractivity contribution in [3.63, 3.8) is 0 Å². The van der Waals surface area contributed by atoms with Gasteiger partial charge in [-0.3, -0.25) is 14.5 Å². The van der Waals surface area contributed by atoms with Crippen LogP contribution in [0.1, 0.15) is 63.9 Å². The number of carbonyl (C=O) groups excluding carboxylic acids is 1. The molecule has 1 heterocycles. The number of carbonyl (C=O) groups is 3. The summed E-state index contributed by atoms with van der Waals surface area (Å²) >= 11 is 6.21. The second kappa shape index (κ2) is 14.0. The van der Waals surface area contributed by atoms with Crippen LogP contribution >= 0.6 is 24.0 Å². The SMILES string of the molecule is CCCCCCCCOc1ccc(/C=C2\SC(=S)N(C(CCC(=O)O)C(=O)O)C2=O)cc1OC. The lowest BCUT2D eigenvalue weighted by atomic mass is 10.1. The number of carboxylic acid groups (broad SMARTS) is 2. The number of thiocarbonyl (C=S) groups is 1. The molecule has 1 unspecified atom stereocenters. The summed E-state index contributed by atoms with van der Waals surface area (Å²) in [5.74, 6) is -1.86. The van der Waals surface area contributed by atoms with E-state index in [0.29, 0.717) is 23.7 Å². The van der Waals surface area contributed by atoms with E-state index in [1.807, 2.05) is 0 Å². The number of unbranched alkanes of at least 4 members (excludes halogenated alkanes) is 5. The summed E-state index contributed by atoms with van der Waals surface area (Å²) in [6.07, 6.45) is 7.99. The van der Waals surface area contributed by atoms with Crippen LogP contribution in [0.25, 0.3) is 6.08 Å². The van der Waals surface area contributed by atoms with Crippen LogP contribution in [-0.4, -0.2) is 57.0 Å². The van der Waals surface area contributed by atoms with E-state index in [-0.39, 0.29) is 22.1 Å². The number of hydrogen-bond donors (Lipinski definition) is 2. The van der Waals surface area contributed by atoms with Gasteiger partial charge in [0.15, 0.2) is 11.5 Å². The first-order valence-corrected chi connectivity index (χ1v) is 12.5. The molecule has 0 bridgehead atoms. The van der Waals surface area contributed by atoms with Crippen LogP contribution in [0, 0.1) is 0 Å². The van der Waals surface area contributed by atoms with Gasteiger partial charge in [0, 0.05) is 6.42 Å². The zero-order valence-electron chi connectivity index (χ0n) is 19.5. The summed E-state index contributed by atoms with van der Waals surface area (Å²) < 4.78 is 11.4. The second-order valence-electron chi connectivity index (χ2n) is 7.86. The average Bonchev–Trinajstić information content (AvgIpc) is 3.06. The Morgan fingerprint density at radius 2 is 1.85 bits per heavy atom. The van der Waals surface area contributed by atoms with Crippen LogP contribution in [0.15, 0.2) is 23.1 Å². The number of nitrogens with zero attached hydrogens (tertiary/aromatic N) is 1. The lowest BCUT2D eigenvalue weighted by molar-refractivity contribution is -0.146. The zero-order chi connectivity index (χ0) is 25.1. The molecule has 1 aromatic rings. The minimum Gasteiger partial charge on any atom is -0.493 e. The molecular weight excluding hydrogens is 478 g/mol. The summed E-state index contributed by atoms with van der Waals surface area (Å²) in [6, 6.07) is 3.96. The van der Waals surface area contributed by atoms with Gasteiger partial charge >= 0.3 is 11.9 Å². The molecule has 34 heavy (non-hydrogen) atoms. The fourth-order valence-electron chi connectivity index (χ4n) is 3.48. The van der Waals surface area contributed by atoms with E-state index in [4.69, 9.17) is 26.8 Å². The third-order valence-corrected chi connectivity index (χ3v) is 6.62. The maximum atomic E-state index is 12.9. The fourth-order valence-corrected chi connectivity index (χ4v) is 4.84. The smallest absolute Gasteiger partial charge is 0.326 e. The zero-order valence-corrected chi connectivity index (χ0v) is 21.1. The van der Waals surface area contributed by atoms with E-state index < -0.39 is 23.9 Å². The Hall–Kier alpha value is -2.59. The highest BCUT2D eigenvalue weighted by molar-refractivity contribution is 8.26. The summed E-state index contributed by atoms with van der Waals surface area (Å²) in [6.45, 7) is 2.78. The quantitative estimate of drug-likeness (QED) is 0.192. The number of amides is 1. The number of rotatable bonds is 15. The number of carboxylic acids is 2. The van der Waals surface area contributed by atoms with Crippen molar-refractivity contribution < 1.29 is 34.1 Å². The Bertz CT molecular complexity index is 932. The standard InChI is InChI=1S/C24H31NO7S2/c1-3-4-5-6-7-8-13-32-18-11-9-16(14-19(18)31-2)15-20-22(28)25(24(33)34-20)17(23(29)30)10-12-21(26)27/h9,11,14-15,17H,3-8,10,12-13H2,1-2H3,(H,26,27)(H,29,30)/b20-15-. The Labute approximate surface area is 209 Å². The highest BCUT2D eigenvalue weighted by atomic mass is 32.2. The van der Waals surface area contributed by atoms with E-state index in [1.165, 1.54) is 32.8 Å². The molecule has 1 saturated heterocycles. The number of ether oxygens (including phenoxy) is 2. The minimum absolute atomic E-state index is 0.0832. The van der Waals surface area contributed by atoms with Crippen LogP contribution in [-0.2, 0) is 14.4 Å². The number of hydrogen-bond acceptors (Lipinski definition) is 7. The monoisotopic (exact) mass is 509 g/mol. The molecule has 1 amide bonds. The van der Waals surface area contributed by atoms with E-state index in [1.54, 1.807) is 24.3 Å². The van der Waals surface area contributed by atoms with Gasteiger partial charge in [-0.05, 0) is 36.6 Å². The van der Waals surface area contributed by atoms with E-state index in [9.17, 15) is 19.5 Å². The van der Waals surface area contributed by atoms with Crippen LogP contribution in [0.3, 0.4) is 0 Å². The van der Waals surface area contributed by atoms with Crippen LogP contribution in [0.4, 0.5) is 0 Å². The van der Waals surface area contributed by atoms with Crippen molar-refractivity contribution in [3.05, 3.63) is 28.7 Å². The molecule has 0 radical (unpaired) electrons. The second-order valence-corrected chi connectivity index (χ2v) is 9.54. The predicted molar refractivity (Wildman–Crippen MR) is 135 cm³/mol. The molecule has 0 saturated carbocycles. The van der Waals surface area contributed by atoms with Gasteiger partial charge in [-0.2, -0.15) is 0 Å². The maximum absolute atomic E-state index is 12.9. The lowest BCUT2D eigenvalue weighted by Crippen LogP contribution is -2.44. The molecule has 1 aromatic carbocycles. The molecule has 1 aliphatic heterocycles. The molecule has 0 aromatic heterocycles. The van der Waals surface area contributed by atoms with Crippen molar-refractivity contribution in [2.24, 2.45) is 0 Å². The molecule has 186 valence electrons. The normalized spacial score (nSPS) is 15.6. The molecule has 0 aliphatic carbocycles. The van der Waals surface area contributed by atoms with Gasteiger partial charge < -0.3 is 19.7 Å². The van der Waals surface area contributed by atoms with Gasteiger partial charge in [0.25, 0.3) is 5.91 Å². The molecule has 2 N–H and O–H groups in total. The van der Waals surface area contributed by atoms with Gasteiger partial charge in [-0.1, -0.05) is 69.1 Å². The van der Waals surface area contributed by atoms with E-state index in [2.05, 4.69) is 6.92 Å². The highest BCUT2D eigenvalue weighted by Crippen LogP contribution is 2.36. The Morgan fingerprint density at radius 3 is 2.50 bits per heavy atom. The van der Waals surface area contributed by atoms with Crippen LogP contribution in [0.5, 0.6) is 11.5 Å². The van der Waals surface area contributed by atoms with Crippen molar-refractivity contribution in [2.45, 2.75) is 64.3 Å². The highest BCUT2D eigenvalue weighted by Gasteiger charge is 2.40. The Morgan fingerprint density at radius 1 is 1.15 bits per heavy atom. The average molecular weight is 510 g/mol. The number of methoxy groups -OCH3 is 1. The number of benzene rings is 1. The van der Waals surface area contributed by atoms with Crippen LogP contribution < -0.4 is 9.47 Å². The van der Waals surface area contributed by atoms with Crippen molar-refractivity contribution >= 4 is 52.2 Å². The molecule has 1 atom stereocenters. The van der Waals surface area contributed by atoms with Crippen molar-refractivity contribution in [3.8, 4) is 11.5 Å². The molecule has 1 fully saturated rings. The first kappa shape index (κ1) is 27.7. The first-order valence-electron chi connectivity index (χ1n) is 11.3. The molecular formula is C24H31NO7S2. The molecule has 2 rings (SSSR count). The molecule has 8 nitrogen and oxygen atoms in total.